The molecule has 0 spiro atoms. The topological polar surface area (TPSA) is 43.3 Å². The number of aliphatic hydroxyl groups is 1. The SMILES string of the molecule is CC(C)[O-].CCO.[Na+]. The van der Waals surface area contributed by atoms with Crippen LogP contribution in [0, 0.1) is 0 Å². The van der Waals surface area contributed by atoms with Crippen molar-refractivity contribution in [2.45, 2.75) is 26.9 Å². The van der Waals surface area contributed by atoms with Crippen molar-refractivity contribution in [3.63, 3.8) is 0 Å². The zero-order chi connectivity index (χ0) is 6.28. The molecule has 0 aliphatic carbocycles. The quantitative estimate of drug-likeness (QED) is 0.348. The maximum Gasteiger partial charge on any atom is 1.00 e. The van der Waals surface area contributed by atoms with Crippen LogP contribution in [-0.4, -0.2) is 17.8 Å². The summed E-state index contributed by atoms with van der Waals surface area (Å²) in [4.78, 5) is 0. The fraction of sp³-hybridized carbons (Fsp3) is 1.00. The Morgan fingerprint density at radius 1 is 1.50 bits per heavy atom. The van der Waals surface area contributed by atoms with E-state index in [9.17, 15) is 5.11 Å². The van der Waals surface area contributed by atoms with E-state index in [1.165, 1.54) is 0 Å². The molecule has 0 aromatic rings. The maximum absolute atomic E-state index is 9.53. The Bertz CT molecular complexity index is 21.6. The van der Waals surface area contributed by atoms with Crippen molar-refractivity contribution in [1.29, 1.82) is 0 Å². The van der Waals surface area contributed by atoms with Gasteiger partial charge in [-0.3, -0.25) is 0 Å². The van der Waals surface area contributed by atoms with E-state index < -0.39 is 6.10 Å². The first-order chi connectivity index (χ1) is 3.15. The van der Waals surface area contributed by atoms with Gasteiger partial charge >= 0.3 is 29.6 Å². The van der Waals surface area contributed by atoms with Crippen molar-refractivity contribution in [2.24, 2.45) is 0 Å². The summed E-state index contributed by atoms with van der Waals surface area (Å²) in [6, 6.07) is 0. The van der Waals surface area contributed by atoms with Gasteiger partial charge in [0.25, 0.3) is 0 Å². The summed E-state index contributed by atoms with van der Waals surface area (Å²) >= 11 is 0. The fourth-order valence-electron chi connectivity index (χ4n) is 0. The van der Waals surface area contributed by atoms with Crippen LogP contribution < -0.4 is 34.7 Å². The van der Waals surface area contributed by atoms with Gasteiger partial charge in [0.05, 0.1) is 0 Å². The predicted molar refractivity (Wildman–Crippen MR) is 27.9 cm³/mol. The summed E-state index contributed by atoms with van der Waals surface area (Å²) in [5, 5.41) is 17.1. The summed E-state index contributed by atoms with van der Waals surface area (Å²) in [7, 11) is 0. The summed E-state index contributed by atoms with van der Waals surface area (Å²) in [5.74, 6) is 0. The summed E-state index contributed by atoms with van der Waals surface area (Å²) in [6.07, 6.45) is -0.417. The Labute approximate surface area is 73.2 Å². The number of aliphatic hydroxyl groups excluding tert-OH is 1. The normalized spacial score (nSPS) is 6.75. The molecule has 0 aromatic heterocycles. The van der Waals surface area contributed by atoms with Crippen molar-refractivity contribution >= 4 is 0 Å². The molecule has 0 radical (unpaired) electrons. The zero-order valence-corrected chi connectivity index (χ0v) is 8.14. The van der Waals surface area contributed by atoms with Gasteiger partial charge in [-0.15, -0.1) is 6.10 Å². The van der Waals surface area contributed by atoms with Crippen molar-refractivity contribution < 1.29 is 39.8 Å². The maximum atomic E-state index is 9.53. The third kappa shape index (κ3) is 287. The molecule has 0 aliphatic heterocycles. The van der Waals surface area contributed by atoms with Crippen LogP contribution in [0.3, 0.4) is 0 Å². The van der Waals surface area contributed by atoms with E-state index in [1.807, 2.05) is 0 Å². The summed E-state index contributed by atoms with van der Waals surface area (Å²) in [5.41, 5.74) is 0. The monoisotopic (exact) mass is 128 g/mol. The van der Waals surface area contributed by atoms with Crippen LogP contribution in [0.2, 0.25) is 0 Å². The molecule has 3 heteroatoms. The molecule has 0 saturated heterocycles. The summed E-state index contributed by atoms with van der Waals surface area (Å²) in [6.45, 7) is 5.15. The minimum Gasteiger partial charge on any atom is -0.852 e. The Morgan fingerprint density at radius 2 is 1.50 bits per heavy atom. The van der Waals surface area contributed by atoms with Crippen LogP contribution in [0.1, 0.15) is 20.8 Å². The zero-order valence-electron chi connectivity index (χ0n) is 6.14. The summed E-state index contributed by atoms with van der Waals surface area (Å²) < 4.78 is 0. The Morgan fingerprint density at radius 3 is 1.50 bits per heavy atom. The fourth-order valence-corrected chi connectivity index (χ4v) is 0. The van der Waals surface area contributed by atoms with Crippen LogP contribution in [-0.2, 0) is 0 Å². The largest absolute Gasteiger partial charge is 1.00 e. The Hall–Kier alpha value is 0.920. The minimum atomic E-state index is -0.417. The van der Waals surface area contributed by atoms with Gasteiger partial charge in [0.1, 0.15) is 0 Å². The van der Waals surface area contributed by atoms with E-state index in [-0.39, 0.29) is 36.2 Å². The van der Waals surface area contributed by atoms with E-state index in [0.29, 0.717) is 0 Å². The molecule has 0 atom stereocenters. The van der Waals surface area contributed by atoms with Crippen LogP contribution in [0.25, 0.3) is 0 Å². The molecule has 0 bridgehead atoms. The van der Waals surface area contributed by atoms with Gasteiger partial charge in [-0.05, 0) is 6.92 Å². The number of hydrogen-bond acceptors (Lipinski definition) is 2. The molecule has 2 nitrogen and oxygen atoms in total. The van der Waals surface area contributed by atoms with Crippen molar-refractivity contribution in [3.8, 4) is 0 Å². The molecule has 0 saturated carbocycles. The van der Waals surface area contributed by atoms with E-state index in [0.717, 1.165) is 0 Å². The first-order valence-corrected chi connectivity index (χ1v) is 2.41. The number of hydrogen-bond donors (Lipinski definition) is 1. The van der Waals surface area contributed by atoms with Gasteiger partial charge in [0.15, 0.2) is 0 Å². The first-order valence-electron chi connectivity index (χ1n) is 2.41. The van der Waals surface area contributed by atoms with Gasteiger partial charge in [0, 0.05) is 6.61 Å². The molecule has 0 unspecified atom stereocenters. The van der Waals surface area contributed by atoms with Crippen molar-refractivity contribution in [1.82, 2.24) is 0 Å². The molecule has 0 aliphatic rings. The van der Waals surface area contributed by atoms with Gasteiger partial charge in [0.2, 0.25) is 0 Å². The third-order valence-corrected chi connectivity index (χ3v) is 0. The molecule has 8 heavy (non-hydrogen) atoms. The minimum absolute atomic E-state index is 0. The van der Waals surface area contributed by atoms with Crippen LogP contribution in [0.5, 0.6) is 0 Å². The second-order valence-corrected chi connectivity index (χ2v) is 1.36. The second kappa shape index (κ2) is 15.7. The first kappa shape index (κ1) is 16.0. The van der Waals surface area contributed by atoms with Crippen LogP contribution >= 0.6 is 0 Å². The molecular formula is C5H13NaO2. The average Bonchev–Trinajstić information content (AvgIpc) is 1.33. The van der Waals surface area contributed by atoms with Gasteiger partial charge in [-0.2, -0.15) is 0 Å². The molecule has 0 aromatic carbocycles. The van der Waals surface area contributed by atoms with E-state index in [2.05, 4.69) is 0 Å². The standard InChI is InChI=1S/C3H7O.C2H6O.Na/c1-3(2)4;1-2-3;/h3H,1-2H3;3H,2H2,1H3;/q-1;;+1. The molecule has 0 heterocycles. The third-order valence-electron chi connectivity index (χ3n) is 0. The average molecular weight is 128 g/mol. The predicted octanol–water partition coefficient (Wildman–Crippen LogP) is -3.24. The van der Waals surface area contributed by atoms with Crippen LogP contribution in [0.15, 0.2) is 0 Å². The van der Waals surface area contributed by atoms with Gasteiger partial charge in [-0.1, -0.05) is 13.8 Å². The van der Waals surface area contributed by atoms with Gasteiger partial charge < -0.3 is 10.2 Å². The molecule has 1 N–H and O–H groups in total. The smallest absolute Gasteiger partial charge is 0.852 e. The molecular weight excluding hydrogens is 115 g/mol. The molecule has 0 rings (SSSR count). The molecule has 0 fully saturated rings. The Kier molecular flexibility index (Phi) is 31.3. The Balaban J connectivity index is -0.0000000575. The number of rotatable bonds is 0. The van der Waals surface area contributed by atoms with E-state index in [1.54, 1.807) is 20.8 Å². The van der Waals surface area contributed by atoms with E-state index >= 15 is 0 Å². The second-order valence-electron chi connectivity index (χ2n) is 1.36. The van der Waals surface area contributed by atoms with Gasteiger partial charge in [-0.25, -0.2) is 0 Å². The van der Waals surface area contributed by atoms with Crippen molar-refractivity contribution in [3.05, 3.63) is 0 Å². The van der Waals surface area contributed by atoms with E-state index in [4.69, 9.17) is 5.11 Å². The van der Waals surface area contributed by atoms with Crippen molar-refractivity contribution in [2.75, 3.05) is 6.61 Å². The molecule has 46 valence electrons. The van der Waals surface area contributed by atoms with Crippen LogP contribution in [0.4, 0.5) is 0 Å². The molecule has 0 amide bonds.